The average molecular weight is 403 g/mol. The van der Waals surface area contributed by atoms with Crippen LogP contribution in [0.5, 0.6) is 0 Å². The van der Waals surface area contributed by atoms with Crippen LogP contribution in [0.4, 0.5) is 15.6 Å². The fourth-order valence-corrected chi connectivity index (χ4v) is 3.84. The third kappa shape index (κ3) is 5.22. The van der Waals surface area contributed by atoms with E-state index >= 15 is 0 Å². The number of nitrogens with zero attached hydrogens (tertiary/aromatic N) is 2. The Morgan fingerprint density at radius 1 is 1.21 bits per heavy atom. The number of hydrogen-bond donors (Lipinski definition) is 2. The molecule has 7 nitrogen and oxygen atoms in total. The summed E-state index contributed by atoms with van der Waals surface area (Å²) in [4.78, 5) is 29.7. The van der Waals surface area contributed by atoms with Crippen LogP contribution in [0.1, 0.15) is 33.1 Å². The Balaban J connectivity index is 1.53. The largest absolute Gasteiger partial charge is 0.450 e. The first-order valence-corrected chi connectivity index (χ1v) is 10.5. The monoisotopic (exact) mass is 402 g/mol. The molecule has 0 unspecified atom stereocenters. The minimum Gasteiger partial charge on any atom is -0.450 e. The molecule has 0 bridgehead atoms. The summed E-state index contributed by atoms with van der Waals surface area (Å²) in [5.41, 5.74) is 2.71. The number of nitrogens with one attached hydrogen (secondary N) is 2. The van der Waals surface area contributed by atoms with E-state index in [9.17, 15) is 9.59 Å². The van der Waals surface area contributed by atoms with E-state index < -0.39 is 0 Å². The van der Waals surface area contributed by atoms with Gasteiger partial charge in [-0.15, -0.1) is 11.3 Å². The highest BCUT2D eigenvalue weighted by molar-refractivity contribution is 7.14. The van der Waals surface area contributed by atoms with E-state index in [1.807, 2.05) is 43.5 Å². The molecule has 0 radical (unpaired) electrons. The molecule has 0 aliphatic carbocycles. The van der Waals surface area contributed by atoms with Gasteiger partial charge in [-0.1, -0.05) is 19.1 Å². The van der Waals surface area contributed by atoms with Crippen LogP contribution in [0, 0.1) is 0 Å². The minimum atomic E-state index is -0.226. The van der Waals surface area contributed by atoms with Crippen LogP contribution in [0.25, 0.3) is 11.3 Å². The SMILES string of the molecule is CCOC(=O)N1CCC(Nc2nc(-c3ccc(NC(=O)CC)cc3)cs2)CC1. The predicted octanol–water partition coefficient (Wildman–Crippen LogP) is 4.19. The number of anilines is 2. The van der Waals surface area contributed by atoms with Crippen LogP contribution in [0.2, 0.25) is 0 Å². The summed E-state index contributed by atoms with van der Waals surface area (Å²) in [6, 6.07) is 8.00. The number of carbonyl (C=O) groups is 2. The van der Waals surface area contributed by atoms with E-state index in [0.29, 0.717) is 32.2 Å². The molecule has 0 spiro atoms. The van der Waals surface area contributed by atoms with Crippen molar-refractivity contribution in [3.63, 3.8) is 0 Å². The molecule has 150 valence electrons. The first-order valence-electron chi connectivity index (χ1n) is 9.63. The molecular weight excluding hydrogens is 376 g/mol. The maximum Gasteiger partial charge on any atom is 0.409 e. The molecule has 28 heavy (non-hydrogen) atoms. The molecule has 2 heterocycles. The zero-order chi connectivity index (χ0) is 19.9. The molecule has 1 saturated heterocycles. The van der Waals surface area contributed by atoms with Gasteiger partial charge in [-0.25, -0.2) is 9.78 Å². The van der Waals surface area contributed by atoms with Gasteiger partial charge in [-0.05, 0) is 31.9 Å². The topological polar surface area (TPSA) is 83.6 Å². The molecule has 1 aliphatic heterocycles. The Morgan fingerprint density at radius 3 is 2.57 bits per heavy atom. The number of benzene rings is 1. The van der Waals surface area contributed by atoms with Gasteiger partial charge in [-0.2, -0.15) is 0 Å². The Morgan fingerprint density at radius 2 is 1.93 bits per heavy atom. The van der Waals surface area contributed by atoms with Crippen molar-refractivity contribution < 1.29 is 14.3 Å². The standard InChI is InChI=1S/C20H26N4O3S/c1-3-18(25)21-15-7-5-14(6-8-15)17-13-28-19(23-17)22-16-9-11-24(12-10-16)20(26)27-4-2/h5-8,13,16H,3-4,9-12H2,1-2H3,(H,21,25)(H,22,23). The molecular formula is C20H26N4O3S. The summed E-state index contributed by atoms with van der Waals surface area (Å²) in [6.07, 6.45) is 1.98. The number of likely N-dealkylation sites (tertiary alicyclic amines) is 1. The van der Waals surface area contributed by atoms with Crippen LogP contribution in [0.15, 0.2) is 29.6 Å². The van der Waals surface area contributed by atoms with E-state index in [-0.39, 0.29) is 12.0 Å². The van der Waals surface area contributed by atoms with Gasteiger partial charge in [0.2, 0.25) is 5.91 Å². The second-order valence-electron chi connectivity index (χ2n) is 6.62. The highest BCUT2D eigenvalue weighted by Gasteiger charge is 2.24. The molecule has 1 aliphatic rings. The van der Waals surface area contributed by atoms with Gasteiger partial charge in [0.25, 0.3) is 0 Å². The molecule has 8 heteroatoms. The van der Waals surface area contributed by atoms with E-state index in [1.54, 1.807) is 16.2 Å². The lowest BCUT2D eigenvalue weighted by molar-refractivity contribution is -0.115. The number of rotatable bonds is 6. The number of aromatic nitrogens is 1. The van der Waals surface area contributed by atoms with Gasteiger partial charge in [-0.3, -0.25) is 4.79 Å². The van der Waals surface area contributed by atoms with E-state index in [0.717, 1.165) is 34.9 Å². The van der Waals surface area contributed by atoms with Gasteiger partial charge in [0.15, 0.2) is 5.13 Å². The molecule has 0 saturated carbocycles. The van der Waals surface area contributed by atoms with E-state index in [2.05, 4.69) is 15.6 Å². The summed E-state index contributed by atoms with van der Waals surface area (Å²) >= 11 is 1.57. The number of hydrogen-bond acceptors (Lipinski definition) is 6. The second kappa shape index (κ2) is 9.54. The third-order valence-corrected chi connectivity index (χ3v) is 5.41. The van der Waals surface area contributed by atoms with Crippen molar-refractivity contribution >= 4 is 34.2 Å². The Labute approximate surface area is 169 Å². The molecule has 1 aromatic heterocycles. The van der Waals surface area contributed by atoms with Crippen LogP contribution < -0.4 is 10.6 Å². The maximum atomic E-state index is 11.8. The molecule has 2 aromatic rings. The van der Waals surface area contributed by atoms with Gasteiger partial charge in [0.1, 0.15) is 0 Å². The lowest BCUT2D eigenvalue weighted by Gasteiger charge is -2.31. The molecule has 2 amide bonds. The summed E-state index contributed by atoms with van der Waals surface area (Å²) in [5, 5.41) is 9.23. The zero-order valence-electron chi connectivity index (χ0n) is 16.2. The third-order valence-electron chi connectivity index (χ3n) is 4.64. The van der Waals surface area contributed by atoms with Crippen molar-refractivity contribution in [3.05, 3.63) is 29.6 Å². The number of carbonyl (C=O) groups excluding carboxylic acids is 2. The minimum absolute atomic E-state index is 0.00176. The van der Waals surface area contributed by atoms with Crippen LogP contribution in [0.3, 0.4) is 0 Å². The highest BCUT2D eigenvalue weighted by Crippen LogP contribution is 2.27. The predicted molar refractivity (Wildman–Crippen MR) is 112 cm³/mol. The summed E-state index contributed by atoms with van der Waals surface area (Å²) in [7, 11) is 0. The number of ether oxygens (including phenoxy) is 1. The van der Waals surface area contributed by atoms with Crippen molar-refractivity contribution in [1.82, 2.24) is 9.88 Å². The maximum absolute atomic E-state index is 11.8. The molecule has 1 aromatic carbocycles. The quantitative estimate of drug-likeness (QED) is 0.757. The normalized spacial score (nSPS) is 14.6. The van der Waals surface area contributed by atoms with Gasteiger partial charge in [0, 0.05) is 42.2 Å². The highest BCUT2D eigenvalue weighted by atomic mass is 32.1. The van der Waals surface area contributed by atoms with Crippen LogP contribution in [-0.4, -0.2) is 47.6 Å². The van der Waals surface area contributed by atoms with Gasteiger partial charge >= 0.3 is 6.09 Å². The second-order valence-corrected chi connectivity index (χ2v) is 7.48. The average Bonchev–Trinajstić information content (AvgIpc) is 3.17. The van der Waals surface area contributed by atoms with Crippen molar-refractivity contribution in [2.75, 3.05) is 30.3 Å². The zero-order valence-corrected chi connectivity index (χ0v) is 17.1. The Hall–Kier alpha value is -2.61. The molecule has 1 fully saturated rings. The molecule has 3 rings (SSSR count). The van der Waals surface area contributed by atoms with Crippen LogP contribution >= 0.6 is 11.3 Å². The number of piperidine rings is 1. The summed E-state index contributed by atoms with van der Waals surface area (Å²) < 4.78 is 5.06. The van der Waals surface area contributed by atoms with Crippen molar-refractivity contribution in [1.29, 1.82) is 0 Å². The van der Waals surface area contributed by atoms with Crippen molar-refractivity contribution in [3.8, 4) is 11.3 Å². The lowest BCUT2D eigenvalue weighted by Crippen LogP contribution is -2.42. The van der Waals surface area contributed by atoms with Crippen LogP contribution in [-0.2, 0) is 9.53 Å². The lowest BCUT2D eigenvalue weighted by atomic mass is 10.1. The molecule has 0 atom stereocenters. The number of amides is 2. The van der Waals surface area contributed by atoms with Crippen molar-refractivity contribution in [2.45, 2.75) is 39.2 Å². The van der Waals surface area contributed by atoms with Gasteiger partial charge < -0.3 is 20.3 Å². The van der Waals surface area contributed by atoms with E-state index in [4.69, 9.17) is 4.74 Å². The summed E-state index contributed by atoms with van der Waals surface area (Å²) in [5.74, 6) is 0.00176. The first kappa shape index (κ1) is 20.1. The Bertz CT molecular complexity index is 798. The fraction of sp³-hybridized carbons (Fsp3) is 0.450. The number of thiazole rings is 1. The van der Waals surface area contributed by atoms with Crippen molar-refractivity contribution in [2.24, 2.45) is 0 Å². The Kier molecular flexibility index (Phi) is 6.86. The van der Waals surface area contributed by atoms with E-state index in [1.165, 1.54) is 0 Å². The first-order chi connectivity index (χ1) is 13.6. The fourth-order valence-electron chi connectivity index (χ4n) is 3.04. The summed E-state index contributed by atoms with van der Waals surface area (Å²) in [6.45, 7) is 5.44. The smallest absolute Gasteiger partial charge is 0.409 e. The molecule has 2 N–H and O–H groups in total. The van der Waals surface area contributed by atoms with Gasteiger partial charge in [0.05, 0.1) is 12.3 Å².